The number of carbonyl (C=O) groups is 1. The van der Waals surface area contributed by atoms with Crippen LogP contribution in [0.5, 0.6) is 0 Å². The fourth-order valence-electron chi connectivity index (χ4n) is 2.01. The number of hydrogen-bond acceptors (Lipinski definition) is 3. The van der Waals surface area contributed by atoms with Gasteiger partial charge in [-0.05, 0) is 48.6 Å². The van der Waals surface area contributed by atoms with Gasteiger partial charge in [-0.1, -0.05) is 11.6 Å². The highest BCUT2D eigenvalue weighted by Gasteiger charge is 2.06. The lowest BCUT2D eigenvalue weighted by atomic mass is 10.2. The van der Waals surface area contributed by atoms with Crippen molar-refractivity contribution in [2.24, 2.45) is 7.05 Å². The van der Waals surface area contributed by atoms with E-state index in [2.05, 4.69) is 5.10 Å². The normalized spacial score (nSPS) is 11.2. The van der Waals surface area contributed by atoms with Crippen LogP contribution in [-0.2, 0) is 7.05 Å². The minimum atomic E-state index is -0.113. The maximum atomic E-state index is 11.9. The van der Waals surface area contributed by atoms with Crippen LogP contribution >= 0.6 is 11.6 Å². The second-order valence-corrected chi connectivity index (χ2v) is 5.25. The minimum absolute atomic E-state index is 0.113. The maximum absolute atomic E-state index is 11.9. The zero-order chi connectivity index (χ0) is 15.5. The quantitative estimate of drug-likeness (QED) is 0.535. The van der Waals surface area contributed by atoms with Gasteiger partial charge in [-0.2, -0.15) is 5.10 Å². The molecule has 0 radical (unpaired) electrons. The van der Waals surface area contributed by atoms with Crippen LogP contribution in [0.2, 0.25) is 5.02 Å². The second-order valence-electron chi connectivity index (χ2n) is 4.81. The number of aryl methyl sites for hydroxylation is 1. The summed E-state index contributed by atoms with van der Waals surface area (Å²) in [6.45, 7) is 0. The molecular formula is C17H13ClN2O2. The van der Waals surface area contributed by atoms with Crippen molar-refractivity contribution in [3.8, 4) is 11.3 Å². The Morgan fingerprint density at radius 2 is 2.00 bits per heavy atom. The number of ketones is 1. The molecule has 0 amide bonds. The number of furan rings is 1. The van der Waals surface area contributed by atoms with Crippen molar-refractivity contribution in [1.82, 2.24) is 9.78 Å². The number of rotatable bonds is 4. The van der Waals surface area contributed by atoms with Gasteiger partial charge in [-0.15, -0.1) is 0 Å². The molecule has 0 fully saturated rings. The summed E-state index contributed by atoms with van der Waals surface area (Å²) in [6, 6.07) is 11.1. The van der Waals surface area contributed by atoms with E-state index >= 15 is 0 Å². The van der Waals surface area contributed by atoms with E-state index < -0.39 is 0 Å². The van der Waals surface area contributed by atoms with E-state index in [1.807, 2.05) is 24.3 Å². The predicted molar refractivity (Wildman–Crippen MR) is 85.7 cm³/mol. The maximum Gasteiger partial charge on any atom is 0.189 e. The third kappa shape index (κ3) is 3.18. The first-order valence-corrected chi connectivity index (χ1v) is 7.06. The first-order valence-electron chi connectivity index (χ1n) is 6.69. The van der Waals surface area contributed by atoms with E-state index in [1.54, 1.807) is 36.1 Å². The number of allylic oxidation sites excluding steroid dienone is 1. The zero-order valence-electron chi connectivity index (χ0n) is 11.9. The zero-order valence-corrected chi connectivity index (χ0v) is 12.6. The molecule has 0 unspecified atom stereocenters. The Balaban J connectivity index is 1.75. The summed E-state index contributed by atoms with van der Waals surface area (Å²) < 4.78 is 7.29. The summed E-state index contributed by atoms with van der Waals surface area (Å²) in [6.07, 6.45) is 6.33. The number of hydrogen-bond donors (Lipinski definition) is 0. The van der Waals surface area contributed by atoms with Gasteiger partial charge in [0.15, 0.2) is 5.78 Å². The van der Waals surface area contributed by atoms with Crippen LogP contribution in [0.25, 0.3) is 17.4 Å². The molecule has 0 N–H and O–H groups in total. The van der Waals surface area contributed by atoms with Gasteiger partial charge in [0.25, 0.3) is 0 Å². The van der Waals surface area contributed by atoms with Crippen molar-refractivity contribution in [3.63, 3.8) is 0 Å². The van der Waals surface area contributed by atoms with Crippen molar-refractivity contribution in [1.29, 1.82) is 0 Å². The molecule has 2 heterocycles. The van der Waals surface area contributed by atoms with Gasteiger partial charge < -0.3 is 4.42 Å². The van der Waals surface area contributed by atoms with Crippen LogP contribution in [0.15, 0.2) is 59.3 Å². The van der Waals surface area contributed by atoms with Gasteiger partial charge in [-0.3, -0.25) is 9.48 Å². The molecule has 3 rings (SSSR count). The van der Waals surface area contributed by atoms with E-state index in [4.69, 9.17) is 16.0 Å². The summed E-state index contributed by atoms with van der Waals surface area (Å²) in [7, 11) is 1.77. The number of halogens is 1. The highest BCUT2D eigenvalue weighted by Crippen LogP contribution is 2.24. The SMILES string of the molecule is Cn1cc(C(=O)C=Cc2ccc(-c3ccc(Cl)cc3)o2)cn1. The number of aromatic nitrogens is 2. The number of carbonyl (C=O) groups excluding carboxylic acids is 1. The molecule has 5 heteroatoms. The van der Waals surface area contributed by atoms with Gasteiger partial charge in [-0.25, -0.2) is 0 Å². The molecule has 0 saturated heterocycles. The van der Waals surface area contributed by atoms with Gasteiger partial charge in [0.2, 0.25) is 0 Å². The van der Waals surface area contributed by atoms with Crippen LogP contribution < -0.4 is 0 Å². The molecule has 0 bridgehead atoms. The summed E-state index contributed by atoms with van der Waals surface area (Å²) >= 11 is 5.86. The van der Waals surface area contributed by atoms with Gasteiger partial charge in [0.05, 0.1) is 11.8 Å². The monoisotopic (exact) mass is 312 g/mol. The van der Waals surface area contributed by atoms with Crippen LogP contribution in [0, 0.1) is 0 Å². The number of benzene rings is 1. The first-order chi connectivity index (χ1) is 10.6. The van der Waals surface area contributed by atoms with Gasteiger partial charge in [0.1, 0.15) is 11.5 Å². The predicted octanol–water partition coefficient (Wildman–Crippen LogP) is 4.23. The molecule has 2 aromatic heterocycles. The molecule has 4 nitrogen and oxygen atoms in total. The molecule has 1 aromatic carbocycles. The molecule has 0 aliphatic rings. The van der Waals surface area contributed by atoms with Crippen molar-refractivity contribution in [2.45, 2.75) is 0 Å². The van der Waals surface area contributed by atoms with Gasteiger partial charge in [0, 0.05) is 23.8 Å². The molecule has 3 aromatic rings. The van der Waals surface area contributed by atoms with E-state index in [-0.39, 0.29) is 5.78 Å². The average molecular weight is 313 g/mol. The second kappa shape index (κ2) is 6.03. The van der Waals surface area contributed by atoms with E-state index in [0.29, 0.717) is 16.3 Å². The van der Waals surface area contributed by atoms with Crippen molar-refractivity contribution in [3.05, 3.63) is 71.2 Å². The fraction of sp³-hybridized carbons (Fsp3) is 0.0588. The lowest BCUT2D eigenvalue weighted by molar-refractivity contribution is 0.104. The van der Waals surface area contributed by atoms with Crippen LogP contribution in [0.3, 0.4) is 0 Å². The summed E-state index contributed by atoms with van der Waals surface area (Å²) in [5, 5.41) is 4.65. The van der Waals surface area contributed by atoms with Gasteiger partial charge >= 0.3 is 0 Å². The lowest BCUT2D eigenvalue weighted by Gasteiger charge is -1.96. The lowest BCUT2D eigenvalue weighted by Crippen LogP contribution is -1.91. The number of nitrogens with zero attached hydrogens (tertiary/aromatic N) is 2. The first kappa shape index (κ1) is 14.4. The Labute approximate surface area is 132 Å². The molecule has 0 spiro atoms. The third-order valence-electron chi connectivity index (χ3n) is 3.14. The molecule has 0 saturated carbocycles. The summed E-state index contributed by atoms with van der Waals surface area (Å²) in [5.41, 5.74) is 1.48. The molecular weight excluding hydrogens is 300 g/mol. The van der Waals surface area contributed by atoms with Crippen LogP contribution in [0.1, 0.15) is 16.1 Å². The van der Waals surface area contributed by atoms with Crippen LogP contribution in [-0.4, -0.2) is 15.6 Å². The molecule has 0 aliphatic carbocycles. The fourth-order valence-corrected chi connectivity index (χ4v) is 2.14. The molecule has 110 valence electrons. The van der Waals surface area contributed by atoms with Crippen molar-refractivity contribution >= 4 is 23.5 Å². The Kier molecular flexibility index (Phi) is 3.94. The topological polar surface area (TPSA) is 48.0 Å². The third-order valence-corrected chi connectivity index (χ3v) is 3.40. The van der Waals surface area contributed by atoms with E-state index in [1.165, 1.54) is 12.3 Å². The molecule has 0 aliphatic heterocycles. The van der Waals surface area contributed by atoms with Crippen molar-refractivity contribution < 1.29 is 9.21 Å². The van der Waals surface area contributed by atoms with Crippen molar-refractivity contribution in [2.75, 3.05) is 0 Å². The Morgan fingerprint density at radius 3 is 2.68 bits per heavy atom. The molecule has 0 atom stereocenters. The Morgan fingerprint density at radius 1 is 1.23 bits per heavy atom. The minimum Gasteiger partial charge on any atom is -0.457 e. The standard InChI is InChI=1S/C17H13ClN2O2/c1-20-11-13(10-19-20)16(21)8-6-15-7-9-17(22-15)12-2-4-14(18)5-3-12/h2-11H,1H3. The Bertz CT molecular complexity index is 828. The summed E-state index contributed by atoms with van der Waals surface area (Å²) in [4.78, 5) is 11.9. The highest BCUT2D eigenvalue weighted by atomic mass is 35.5. The largest absolute Gasteiger partial charge is 0.457 e. The average Bonchev–Trinajstić information content (AvgIpc) is 3.15. The smallest absolute Gasteiger partial charge is 0.189 e. The molecule has 22 heavy (non-hydrogen) atoms. The van der Waals surface area contributed by atoms with E-state index in [9.17, 15) is 4.79 Å². The highest BCUT2D eigenvalue weighted by molar-refractivity contribution is 6.30. The summed E-state index contributed by atoms with van der Waals surface area (Å²) in [5.74, 6) is 1.23. The van der Waals surface area contributed by atoms with E-state index in [0.717, 1.165) is 11.3 Å². The van der Waals surface area contributed by atoms with Crippen LogP contribution in [0.4, 0.5) is 0 Å². The Hall–Kier alpha value is -2.59.